The number of nitrogens with zero attached hydrogens (tertiary/aromatic N) is 1. The third-order valence-electron chi connectivity index (χ3n) is 3.26. The molecular weight excluding hydrogens is 292 g/mol. The Balaban J connectivity index is 2.23. The van der Waals surface area contributed by atoms with Gasteiger partial charge in [-0.15, -0.1) is 0 Å². The second-order valence-corrected chi connectivity index (χ2v) is 5.24. The fourth-order valence-electron chi connectivity index (χ4n) is 2.02. The molecule has 6 heteroatoms. The number of benzene rings is 2. The molecule has 0 heterocycles. The van der Waals surface area contributed by atoms with E-state index >= 15 is 0 Å². The van der Waals surface area contributed by atoms with Crippen LogP contribution in [-0.4, -0.2) is 10.0 Å². The molecule has 21 heavy (non-hydrogen) atoms. The van der Waals surface area contributed by atoms with Crippen LogP contribution >= 0.6 is 11.6 Å². The van der Waals surface area contributed by atoms with Crippen LogP contribution in [-0.2, 0) is 0 Å². The van der Waals surface area contributed by atoms with Gasteiger partial charge in [-0.25, -0.2) is 0 Å². The number of hydrogen-bond acceptors (Lipinski definition) is 4. The molecule has 0 bridgehead atoms. The number of nitrogens with one attached hydrogen (secondary N) is 1. The van der Waals surface area contributed by atoms with Gasteiger partial charge in [0.25, 0.3) is 5.69 Å². The number of rotatable bonds is 4. The molecule has 0 aliphatic rings. The van der Waals surface area contributed by atoms with Gasteiger partial charge in [-0.2, -0.15) is 0 Å². The molecule has 2 rings (SSSR count). The third-order valence-corrected chi connectivity index (χ3v) is 3.56. The highest BCUT2D eigenvalue weighted by atomic mass is 35.5. The van der Waals surface area contributed by atoms with Gasteiger partial charge in [-0.3, -0.25) is 10.1 Å². The standard InChI is InChI=1S/C15H15ClN2O3/c1-9-3-4-11(7-14(9)18(20)21)10(2)17-12-5-6-15(19)13(16)8-12/h3-8,10,17,19H,1-2H3. The van der Waals surface area contributed by atoms with E-state index < -0.39 is 0 Å². The Bertz CT molecular complexity index is 689. The van der Waals surface area contributed by atoms with Crippen LogP contribution in [0.5, 0.6) is 5.75 Å². The van der Waals surface area contributed by atoms with Gasteiger partial charge >= 0.3 is 0 Å². The molecule has 0 fully saturated rings. The van der Waals surface area contributed by atoms with Crippen molar-refractivity contribution in [2.24, 2.45) is 0 Å². The average molecular weight is 307 g/mol. The second kappa shape index (κ2) is 6.01. The fraction of sp³-hybridized carbons (Fsp3) is 0.200. The van der Waals surface area contributed by atoms with Crippen molar-refractivity contribution in [1.29, 1.82) is 0 Å². The van der Waals surface area contributed by atoms with E-state index in [1.54, 1.807) is 31.2 Å². The lowest BCUT2D eigenvalue weighted by Crippen LogP contribution is -2.07. The highest BCUT2D eigenvalue weighted by Crippen LogP contribution is 2.29. The molecule has 5 nitrogen and oxygen atoms in total. The number of hydrogen-bond donors (Lipinski definition) is 2. The summed E-state index contributed by atoms with van der Waals surface area (Å²) in [6.45, 7) is 3.61. The van der Waals surface area contributed by atoms with Crippen LogP contribution in [0.25, 0.3) is 0 Å². The van der Waals surface area contributed by atoms with Gasteiger partial charge < -0.3 is 10.4 Å². The minimum atomic E-state index is -0.386. The van der Waals surface area contributed by atoms with Gasteiger partial charge in [0, 0.05) is 23.4 Å². The zero-order chi connectivity index (χ0) is 15.6. The van der Waals surface area contributed by atoms with Crippen LogP contribution in [0.15, 0.2) is 36.4 Å². The molecule has 0 aliphatic heterocycles. The monoisotopic (exact) mass is 306 g/mol. The summed E-state index contributed by atoms with van der Waals surface area (Å²) in [5.74, 6) is 0.0147. The van der Waals surface area contributed by atoms with Crippen molar-refractivity contribution in [3.8, 4) is 5.75 Å². The first kappa shape index (κ1) is 15.1. The van der Waals surface area contributed by atoms with E-state index in [1.165, 1.54) is 6.07 Å². The summed E-state index contributed by atoms with van der Waals surface area (Å²) in [6, 6.07) is 9.81. The Hall–Kier alpha value is -2.27. The first-order valence-electron chi connectivity index (χ1n) is 6.38. The Labute approximate surface area is 127 Å². The Kier molecular flexibility index (Phi) is 4.33. The molecule has 0 radical (unpaired) electrons. The van der Waals surface area contributed by atoms with Crippen LogP contribution < -0.4 is 5.32 Å². The zero-order valence-corrected chi connectivity index (χ0v) is 12.4. The molecule has 2 N–H and O–H groups in total. The molecular formula is C15H15ClN2O3. The van der Waals surface area contributed by atoms with Crippen molar-refractivity contribution in [2.45, 2.75) is 19.9 Å². The van der Waals surface area contributed by atoms with Crippen molar-refractivity contribution in [3.05, 3.63) is 62.7 Å². The third kappa shape index (κ3) is 3.44. The summed E-state index contributed by atoms with van der Waals surface area (Å²) in [7, 11) is 0. The Morgan fingerprint density at radius 1 is 1.29 bits per heavy atom. The molecule has 0 amide bonds. The Morgan fingerprint density at radius 3 is 2.62 bits per heavy atom. The number of aryl methyl sites for hydroxylation is 1. The summed E-state index contributed by atoms with van der Waals surface area (Å²) in [6.07, 6.45) is 0. The number of anilines is 1. The molecule has 0 saturated carbocycles. The maximum absolute atomic E-state index is 11.0. The zero-order valence-electron chi connectivity index (χ0n) is 11.6. The number of phenolic OH excluding ortho intramolecular Hbond substituents is 1. The molecule has 1 atom stereocenters. The topological polar surface area (TPSA) is 75.4 Å². The first-order valence-corrected chi connectivity index (χ1v) is 6.76. The van der Waals surface area contributed by atoms with Gasteiger partial charge in [0.2, 0.25) is 0 Å². The van der Waals surface area contributed by atoms with Crippen molar-refractivity contribution in [3.63, 3.8) is 0 Å². The van der Waals surface area contributed by atoms with Crippen molar-refractivity contribution in [1.82, 2.24) is 0 Å². The van der Waals surface area contributed by atoms with Crippen LogP contribution in [0.4, 0.5) is 11.4 Å². The Morgan fingerprint density at radius 2 is 2.00 bits per heavy atom. The molecule has 2 aromatic rings. The van der Waals surface area contributed by atoms with Crippen LogP contribution in [0, 0.1) is 17.0 Å². The highest BCUT2D eigenvalue weighted by molar-refractivity contribution is 6.32. The average Bonchev–Trinajstić information content (AvgIpc) is 2.43. The molecule has 0 aliphatic carbocycles. The van der Waals surface area contributed by atoms with E-state index in [-0.39, 0.29) is 27.4 Å². The van der Waals surface area contributed by atoms with Crippen LogP contribution in [0.2, 0.25) is 5.02 Å². The number of nitro groups is 1. The first-order chi connectivity index (χ1) is 9.88. The molecule has 0 aromatic heterocycles. The number of nitro benzene ring substituents is 1. The van der Waals surface area contributed by atoms with Crippen molar-refractivity contribution in [2.75, 3.05) is 5.32 Å². The summed E-state index contributed by atoms with van der Waals surface area (Å²) < 4.78 is 0. The summed E-state index contributed by atoms with van der Waals surface area (Å²) in [5, 5.41) is 23.8. The van der Waals surface area contributed by atoms with E-state index in [1.807, 2.05) is 13.0 Å². The molecule has 110 valence electrons. The summed E-state index contributed by atoms with van der Waals surface area (Å²) in [4.78, 5) is 10.6. The predicted octanol–water partition coefficient (Wildman–Crippen LogP) is 4.44. The fourth-order valence-corrected chi connectivity index (χ4v) is 2.20. The van der Waals surface area contributed by atoms with Crippen LogP contribution in [0.3, 0.4) is 0 Å². The molecule has 1 unspecified atom stereocenters. The number of phenols is 1. The largest absolute Gasteiger partial charge is 0.506 e. The molecule has 0 saturated heterocycles. The number of halogens is 1. The van der Waals surface area contributed by atoms with E-state index in [0.29, 0.717) is 5.56 Å². The van der Waals surface area contributed by atoms with Crippen molar-refractivity contribution < 1.29 is 10.0 Å². The predicted molar refractivity (Wildman–Crippen MR) is 83.0 cm³/mol. The molecule has 2 aromatic carbocycles. The van der Waals surface area contributed by atoms with Gasteiger partial charge in [0.05, 0.1) is 9.95 Å². The SMILES string of the molecule is Cc1ccc(C(C)Nc2ccc(O)c(Cl)c2)cc1[N+](=O)[O-]. The van der Waals surface area contributed by atoms with E-state index in [4.69, 9.17) is 11.6 Å². The number of aromatic hydroxyl groups is 1. The highest BCUT2D eigenvalue weighted by Gasteiger charge is 2.14. The minimum Gasteiger partial charge on any atom is -0.506 e. The van der Waals surface area contributed by atoms with Gasteiger partial charge in [0.15, 0.2) is 0 Å². The van der Waals surface area contributed by atoms with Gasteiger partial charge in [-0.1, -0.05) is 23.7 Å². The molecule has 0 spiro atoms. The lowest BCUT2D eigenvalue weighted by molar-refractivity contribution is -0.385. The summed E-state index contributed by atoms with van der Waals surface area (Å²) in [5.41, 5.74) is 2.26. The lowest BCUT2D eigenvalue weighted by Gasteiger charge is -2.16. The maximum Gasteiger partial charge on any atom is 0.272 e. The van der Waals surface area contributed by atoms with Gasteiger partial charge in [0.1, 0.15) is 5.75 Å². The normalized spacial score (nSPS) is 12.0. The van der Waals surface area contributed by atoms with Crippen LogP contribution in [0.1, 0.15) is 24.1 Å². The van der Waals surface area contributed by atoms with E-state index in [2.05, 4.69) is 5.32 Å². The summed E-state index contributed by atoms with van der Waals surface area (Å²) >= 11 is 5.85. The maximum atomic E-state index is 11.0. The van der Waals surface area contributed by atoms with Gasteiger partial charge in [-0.05, 0) is 37.6 Å². The smallest absolute Gasteiger partial charge is 0.272 e. The van der Waals surface area contributed by atoms with E-state index in [0.717, 1.165) is 11.3 Å². The minimum absolute atomic E-state index is 0.0147. The van der Waals surface area contributed by atoms with Crippen molar-refractivity contribution >= 4 is 23.0 Å². The quantitative estimate of drug-likeness (QED) is 0.497. The lowest BCUT2D eigenvalue weighted by atomic mass is 10.0. The van der Waals surface area contributed by atoms with E-state index in [9.17, 15) is 15.2 Å². The second-order valence-electron chi connectivity index (χ2n) is 4.84.